The first-order valence-electron chi connectivity index (χ1n) is 6.08. The molecular formula is C13H19N3O. The number of nitrogens with zero attached hydrogens (tertiary/aromatic N) is 1. The zero-order chi connectivity index (χ0) is 12.3. The molecule has 3 N–H and O–H groups in total. The maximum Gasteiger partial charge on any atom is 0.157 e. The van der Waals surface area contributed by atoms with Crippen LogP contribution >= 0.6 is 0 Å². The summed E-state index contributed by atoms with van der Waals surface area (Å²) >= 11 is 0. The highest BCUT2D eigenvalue weighted by Crippen LogP contribution is 2.22. The van der Waals surface area contributed by atoms with E-state index in [-0.39, 0.29) is 11.3 Å². The average molecular weight is 233 g/mol. The number of ketones is 1. The van der Waals surface area contributed by atoms with E-state index in [4.69, 9.17) is 5.73 Å². The van der Waals surface area contributed by atoms with Crippen molar-refractivity contribution in [2.45, 2.75) is 38.1 Å². The number of piperidine rings is 1. The van der Waals surface area contributed by atoms with Gasteiger partial charge in [-0.1, -0.05) is 0 Å². The predicted molar refractivity (Wildman–Crippen MR) is 67.6 cm³/mol. The number of hydrogen-bond acceptors (Lipinski definition) is 4. The molecule has 1 unspecified atom stereocenters. The molecule has 0 radical (unpaired) electrons. The van der Waals surface area contributed by atoms with Gasteiger partial charge in [0.25, 0.3) is 0 Å². The molecule has 0 spiro atoms. The maximum absolute atomic E-state index is 12.3. The van der Waals surface area contributed by atoms with Gasteiger partial charge in [0.2, 0.25) is 0 Å². The fraction of sp³-hybridized carbons (Fsp3) is 0.538. The van der Waals surface area contributed by atoms with Crippen molar-refractivity contribution >= 4 is 11.5 Å². The molecule has 1 saturated heterocycles. The molecule has 2 heterocycles. The fourth-order valence-electron chi connectivity index (χ4n) is 2.25. The van der Waals surface area contributed by atoms with E-state index < -0.39 is 0 Å². The molecule has 1 aliphatic heterocycles. The van der Waals surface area contributed by atoms with Gasteiger partial charge < -0.3 is 11.1 Å². The molecular weight excluding hydrogens is 214 g/mol. The molecule has 17 heavy (non-hydrogen) atoms. The Balaban J connectivity index is 2.08. The first-order chi connectivity index (χ1) is 8.12. The minimum Gasteiger partial charge on any atom is -0.398 e. The molecule has 0 aliphatic carbocycles. The number of rotatable bonds is 3. The topological polar surface area (TPSA) is 68.0 Å². The highest BCUT2D eigenvalue weighted by molar-refractivity contribution is 5.90. The third kappa shape index (κ3) is 2.64. The molecule has 4 nitrogen and oxygen atoms in total. The lowest BCUT2D eigenvalue weighted by Gasteiger charge is -2.33. The lowest BCUT2D eigenvalue weighted by Crippen LogP contribution is -2.52. The summed E-state index contributed by atoms with van der Waals surface area (Å²) in [5.74, 6) is 0.205. The third-order valence-electron chi connectivity index (χ3n) is 3.53. The van der Waals surface area contributed by atoms with Gasteiger partial charge in [0.1, 0.15) is 0 Å². The predicted octanol–water partition coefficient (Wildman–Crippen LogP) is 1.31. The van der Waals surface area contributed by atoms with Crippen LogP contribution in [-0.4, -0.2) is 22.9 Å². The van der Waals surface area contributed by atoms with Crippen molar-refractivity contribution in [3.8, 4) is 0 Å². The van der Waals surface area contributed by atoms with Crippen molar-refractivity contribution in [3.63, 3.8) is 0 Å². The summed E-state index contributed by atoms with van der Waals surface area (Å²) in [6.45, 7) is 2.91. The smallest absolute Gasteiger partial charge is 0.157 e. The van der Waals surface area contributed by atoms with Crippen LogP contribution in [0.25, 0.3) is 0 Å². The monoisotopic (exact) mass is 233 g/mol. The maximum atomic E-state index is 12.3. The highest BCUT2D eigenvalue weighted by atomic mass is 16.1. The molecule has 2 rings (SSSR count). The summed E-state index contributed by atoms with van der Waals surface area (Å²) < 4.78 is 0. The second-order valence-electron chi connectivity index (χ2n) is 4.89. The van der Waals surface area contributed by atoms with Crippen molar-refractivity contribution in [2.24, 2.45) is 0 Å². The SMILES string of the molecule is CC1(C(=O)Cc2cnccc2N)CCCCN1. The number of carbonyl (C=O) groups is 1. The molecule has 4 heteroatoms. The van der Waals surface area contributed by atoms with E-state index in [2.05, 4.69) is 10.3 Å². The number of hydrogen-bond donors (Lipinski definition) is 2. The van der Waals surface area contributed by atoms with E-state index >= 15 is 0 Å². The lowest BCUT2D eigenvalue weighted by atomic mass is 9.84. The van der Waals surface area contributed by atoms with Crippen molar-refractivity contribution in [2.75, 3.05) is 12.3 Å². The van der Waals surface area contributed by atoms with Gasteiger partial charge in [0.15, 0.2) is 5.78 Å². The van der Waals surface area contributed by atoms with Gasteiger partial charge in [-0.15, -0.1) is 0 Å². The number of nitrogens with two attached hydrogens (primary N) is 1. The molecule has 0 bridgehead atoms. The third-order valence-corrected chi connectivity index (χ3v) is 3.53. The van der Waals surface area contributed by atoms with Crippen LogP contribution in [0.1, 0.15) is 31.7 Å². The van der Waals surface area contributed by atoms with Crippen LogP contribution in [0.4, 0.5) is 5.69 Å². The van der Waals surface area contributed by atoms with Crippen molar-refractivity contribution in [3.05, 3.63) is 24.0 Å². The van der Waals surface area contributed by atoms with E-state index in [0.717, 1.165) is 31.4 Å². The molecule has 1 fully saturated rings. The second kappa shape index (κ2) is 4.84. The first-order valence-corrected chi connectivity index (χ1v) is 6.08. The lowest BCUT2D eigenvalue weighted by molar-refractivity contribution is -0.125. The zero-order valence-corrected chi connectivity index (χ0v) is 10.2. The Kier molecular flexibility index (Phi) is 3.43. The quantitative estimate of drug-likeness (QED) is 0.826. The van der Waals surface area contributed by atoms with Gasteiger partial charge in [-0.05, 0) is 38.8 Å². The molecule has 1 aromatic heterocycles. The van der Waals surface area contributed by atoms with Crippen LogP contribution < -0.4 is 11.1 Å². The number of nitrogens with one attached hydrogen (secondary N) is 1. The molecule has 0 aromatic carbocycles. The minimum atomic E-state index is -0.388. The molecule has 1 atom stereocenters. The van der Waals surface area contributed by atoms with Gasteiger partial charge in [-0.3, -0.25) is 9.78 Å². The van der Waals surface area contributed by atoms with Crippen LogP contribution in [0, 0.1) is 0 Å². The largest absolute Gasteiger partial charge is 0.398 e. The standard InChI is InChI=1S/C13H19N3O/c1-13(5-2-3-6-16-13)12(17)8-10-9-15-7-4-11(10)14/h4,7,9,16H,2-3,5-6,8H2,1H3,(H2,14,15). The average Bonchev–Trinajstić information content (AvgIpc) is 2.33. The number of Topliss-reactive ketones (excluding diaryl/α,β-unsaturated/α-hetero) is 1. The van der Waals surface area contributed by atoms with Crippen LogP contribution in [0.5, 0.6) is 0 Å². The van der Waals surface area contributed by atoms with E-state index in [0.29, 0.717) is 12.1 Å². The Hall–Kier alpha value is -1.42. The molecule has 1 aliphatic rings. The molecule has 0 amide bonds. The minimum absolute atomic E-state index is 0.205. The summed E-state index contributed by atoms with van der Waals surface area (Å²) in [5.41, 5.74) is 6.91. The van der Waals surface area contributed by atoms with E-state index in [1.165, 1.54) is 0 Å². The molecule has 0 saturated carbocycles. The Labute approximate surface area is 102 Å². The fourth-order valence-corrected chi connectivity index (χ4v) is 2.25. The van der Waals surface area contributed by atoms with Gasteiger partial charge >= 0.3 is 0 Å². The summed E-state index contributed by atoms with van der Waals surface area (Å²) in [4.78, 5) is 16.3. The number of nitrogen functional groups attached to an aromatic ring is 1. The van der Waals surface area contributed by atoms with Crippen LogP contribution in [0.2, 0.25) is 0 Å². The van der Waals surface area contributed by atoms with Gasteiger partial charge in [0.05, 0.1) is 5.54 Å². The van der Waals surface area contributed by atoms with Crippen LogP contribution in [0.3, 0.4) is 0 Å². The number of aromatic nitrogens is 1. The van der Waals surface area contributed by atoms with Crippen molar-refractivity contribution < 1.29 is 4.79 Å². The zero-order valence-electron chi connectivity index (χ0n) is 10.2. The van der Waals surface area contributed by atoms with E-state index in [9.17, 15) is 4.79 Å². The van der Waals surface area contributed by atoms with Crippen molar-refractivity contribution in [1.82, 2.24) is 10.3 Å². The highest BCUT2D eigenvalue weighted by Gasteiger charge is 2.33. The Morgan fingerprint density at radius 3 is 3.06 bits per heavy atom. The van der Waals surface area contributed by atoms with Crippen LogP contribution in [0.15, 0.2) is 18.5 Å². The van der Waals surface area contributed by atoms with Crippen molar-refractivity contribution in [1.29, 1.82) is 0 Å². The summed E-state index contributed by atoms with van der Waals surface area (Å²) in [6, 6.07) is 1.74. The van der Waals surface area contributed by atoms with E-state index in [1.54, 1.807) is 18.5 Å². The normalized spacial score (nSPS) is 24.5. The van der Waals surface area contributed by atoms with Crippen LogP contribution in [-0.2, 0) is 11.2 Å². The second-order valence-corrected chi connectivity index (χ2v) is 4.89. The Morgan fingerprint density at radius 2 is 2.41 bits per heavy atom. The van der Waals surface area contributed by atoms with E-state index in [1.807, 2.05) is 6.92 Å². The number of carbonyl (C=O) groups excluding carboxylic acids is 1. The summed E-state index contributed by atoms with van der Waals surface area (Å²) in [5, 5.41) is 3.32. The summed E-state index contributed by atoms with van der Waals surface area (Å²) in [7, 11) is 0. The number of anilines is 1. The number of pyridine rings is 1. The van der Waals surface area contributed by atoms with Gasteiger partial charge in [0, 0.05) is 30.1 Å². The van der Waals surface area contributed by atoms with Gasteiger partial charge in [-0.2, -0.15) is 0 Å². The first kappa shape index (κ1) is 12.0. The molecule has 92 valence electrons. The Morgan fingerprint density at radius 1 is 1.59 bits per heavy atom. The van der Waals surface area contributed by atoms with Gasteiger partial charge in [-0.25, -0.2) is 0 Å². The summed E-state index contributed by atoms with van der Waals surface area (Å²) in [6.07, 6.45) is 6.86. The Bertz CT molecular complexity index is 411. The molecule has 1 aromatic rings.